The predicted octanol–water partition coefficient (Wildman–Crippen LogP) is 1.61. The molecule has 106 valence electrons. The average Bonchev–Trinajstić information content (AvgIpc) is 3.04. The van der Waals surface area contributed by atoms with Gasteiger partial charge in [0.1, 0.15) is 0 Å². The summed E-state index contributed by atoms with van der Waals surface area (Å²) in [6, 6.07) is 0. The minimum Gasteiger partial charge on any atom is -0.381 e. The maximum Gasteiger partial charge on any atom is 0.0897 e. The molecule has 2 aliphatic heterocycles. The normalized spacial score (nSPS) is 26.1. The van der Waals surface area contributed by atoms with Gasteiger partial charge >= 0.3 is 0 Å². The highest BCUT2D eigenvalue weighted by molar-refractivity contribution is 7.09. The van der Waals surface area contributed by atoms with Crippen molar-refractivity contribution < 1.29 is 4.74 Å². The van der Waals surface area contributed by atoms with Crippen LogP contribution in [0.25, 0.3) is 0 Å². The van der Waals surface area contributed by atoms with E-state index in [1.165, 1.54) is 49.8 Å². The Balaban J connectivity index is 1.41. The highest BCUT2D eigenvalue weighted by atomic mass is 32.1. The molecular formula is C14H23N3OS. The van der Waals surface area contributed by atoms with Gasteiger partial charge in [-0.3, -0.25) is 4.90 Å². The molecule has 0 saturated carbocycles. The van der Waals surface area contributed by atoms with Gasteiger partial charge in [0, 0.05) is 51.3 Å². The van der Waals surface area contributed by atoms with Crippen LogP contribution in [0.1, 0.15) is 17.1 Å². The van der Waals surface area contributed by atoms with E-state index in [0.717, 1.165) is 25.7 Å². The van der Waals surface area contributed by atoms with E-state index in [0.29, 0.717) is 0 Å². The lowest BCUT2D eigenvalue weighted by Crippen LogP contribution is -2.47. The molecule has 0 aromatic carbocycles. The van der Waals surface area contributed by atoms with E-state index in [1.807, 2.05) is 0 Å². The lowest BCUT2D eigenvalue weighted by Gasteiger charge is -2.35. The van der Waals surface area contributed by atoms with Crippen molar-refractivity contribution in [3.8, 4) is 0 Å². The van der Waals surface area contributed by atoms with Gasteiger partial charge in [0.2, 0.25) is 0 Å². The lowest BCUT2D eigenvalue weighted by molar-refractivity contribution is 0.106. The van der Waals surface area contributed by atoms with E-state index in [1.54, 1.807) is 11.3 Å². The third-order valence-corrected chi connectivity index (χ3v) is 4.88. The van der Waals surface area contributed by atoms with E-state index in [9.17, 15) is 0 Å². The summed E-state index contributed by atoms with van der Waals surface area (Å²) in [6.07, 6.45) is 1.25. The molecule has 0 spiro atoms. The van der Waals surface area contributed by atoms with Gasteiger partial charge in [0.05, 0.1) is 17.3 Å². The van der Waals surface area contributed by atoms with Gasteiger partial charge in [-0.15, -0.1) is 11.3 Å². The second-order valence-corrected chi connectivity index (χ2v) is 6.73. The second kappa shape index (κ2) is 6.31. The van der Waals surface area contributed by atoms with Crippen molar-refractivity contribution in [2.75, 3.05) is 45.9 Å². The quantitative estimate of drug-likeness (QED) is 0.838. The number of nitrogens with zero attached hydrogens (tertiary/aromatic N) is 3. The van der Waals surface area contributed by atoms with Crippen LogP contribution < -0.4 is 0 Å². The van der Waals surface area contributed by atoms with Gasteiger partial charge < -0.3 is 9.64 Å². The Labute approximate surface area is 119 Å². The first kappa shape index (κ1) is 13.5. The van der Waals surface area contributed by atoms with Gasteiger partial charge in [0.25, 0.3) is 0 Å². The molecule has 0 amide bonds. The van der Waals surface area contributed by atoms with Gasteiger partial charge in [-0.05, 0) is 19.3 Å². The number of hydrogen-bond donors (Lipinski definition) is 0. The van der Waals surface area contributed by atoms with Crippen molar-refractivity contribution in [3.05, 3.63) is 16.1 Å². The first-order valence-corrected chi connectivity index (χ1v) is 8.11. The summed E-state index contributed by atoms with van der Waals surface area (Å²) in [5, 5.41) is 3.37. The van der Waals surface area contributed by atoms with Gasteiger partial charge in [-0.1, -0.05) is 0 Å². The van der Waals surface area contributed by atoms with Crippen molar-refractivity contribution in [1.29, 1.82) is 0 Å². The Kier molecular flexibility index (Phi) is 4.48. The predicted molar refractivity (Wildman–Crippen MR) is 77.5 cm³/mol. The Morgan fingerprint density at radius 1 is 1.32 bits per heavy atom. The second-order valence-electron chi connectivity index (χ2n) is 5.66. The molecule has 1 atom stereocenters. The van der Waals surface area contributed by atoms with E-state index in [2.05, 4.69) is 27.1 Å². The zero-order valence-corrected chi connectivity index (χ0v) is 12.5. The molecule has 1 unspecified atom stereocenters. The monoisotopic (exact) mass is 281 g/mol. The zero-order valence-electron chi connectivity index (χ0n) is 11.7. The minimum atomic E-state index is 0.771. The minimum absolute atomic E-state index is 0.771. The van der Waals surface area contributed by atoms with Crippen LogP contribution in [-0.2, 0) is 11.3 Å². The van der Waals surface area contributed by atoms with Crippen molar-refractivity contribution >= 4 is 11.3 Å². The number of hydrogen-bond acceptors (Lipinski definition) is 5. The van der Waals surface area contributed by atoms with Crippen LogP contribution in [-0.4, -0.2) is 60.7 Å². The average molecular weight is 281 g/mol. The Hall–Kier alpha value is -0.490. The molecule has 2 aliphatic rings. The van der Waals surface area contributed by atoms with E-state index < -0.39 is 0 Å². The van der Waals surface area contributed by atoms with Crippen LogP contribution in [0.5, 0.6) is 0 Å². The molecule has 3 heterocycles. The number of aryl methyl sites for hydroxylation is 1. The van der Waals surface area contributed by atoms with Crippen LogP contribution in [0.4, 0.5) is 0 Å². The van der Waals surface area contributed by atoms with Crippen molar-refractivity contribution in [1.82, 2.24) is 14.8 Å². The van der Waals surface area contributed by atoms with Crippen LogP contribution in [0, 0.1) is 12.8 Å². The Bertz CT molecular complexity index is 395. The van der Waals surface area contributed by atoms with Crippen molar-refractivity contribution in [2.24, 2.45) is 5.92 Å². The van der Waals surface area contributed by atoms with Gasteiger partial charge in [-0.2, -0.15) is 0 Å². The van der Waals surface area contributed by atoms with E-state index in [-0.39, 0.29) is 0 Å². The van der Waals surface area contributed by atoms with Crippen LogP contribution >= 0.6 is 11.3 Å². The number of piperazine rings is 1. The fraction of sp³-hybridized carbons (Fsp3) is 0.786. The summed E-state index contributed by atoms with van der Waals surface area (Å²) in [4.78, 5) is 9.68. The summed E-state index contributed by atoms with van der Waals surface area (Å²) in [5.74, 6) is 0.771. The molecule has 0 bridgehead atoms. The smallest absolute Gasteiger partial charge is 0.0897 e. The van der Waals surface area contributed by atoms with Gasteiger partial charge in [-0.25, -0.2) is 4.98 Å². The molecular weight excluding hydrogens is 258 g/mol. The maximum atomic E-state index is 5.46. The molecule has 2 fully saturated rings. The molecule has 0 N–H and O–H groups in total. The number of rotatable bonds is 4. The molecule has 19 heavy (non-hydrogen) atoms. The van der Waals surface area contributed by atoms with Crippen LogP contribution in [0.3, 0.4) is 0 Å². The first-order chi connectivity index (χ1) is 9.29. The molecule has 1 aromatic rings. The molecule has 2 saturated heterocycles. The lowest BCUT2D eigenvalue weighted by atomic mass is 10.1. The molecule has 0 radical (unpaired) electrons. The molecule has 3 rings (SSSR count). The summed E-state index contributed by atoms with van der Waals surface area (Å²) in [7, 11) is 0. The Morgan fingerprint density at radius 2 is 2.11 bits per heavy atom. The Morgan fingerprint density at radius 3 is 2.74 bits per heavy atom. The molecule has 1 aromatic heterocycles. The summed E-state index contributed by atoms with van der Waals surface area (Å²) < 4.78 is 5.46. The van der Waals surface area contributed by atoms with E-state index in [4.69, 9.17) is 4.74 Å². The molecule has 5 heteroatoms. The largest absolute Gasteiger partial charge is 0.381 e. The van der Waals surface area contributed by atoms with E-state index >= 15 is 0 Å². The fourth-order valence-electron chi connectivity index (χ4n) is 2.93. The zero-order chi connectivity index (χ0) is 13.1. The third kappa shape index (κ3) is 3.75. The molecule has 4 nitrogen and oxygen atoms in total. The van der Waals surface area contributed by atoms with Gasteiger partial charge in [0.15, 0.2) is 0 Å². The summed E-state index contributed by atoms with van der Waals surface area (Å²) in [6.45, 7) is 11.0. The summed E-state index contributed by atoms with van der Waals surface area (Å²) in [5.41, 5.74) is 1.24. The maximum absolute atomic E-state index is 5.46. The van der Waals surface area contributed by atoms with Crippen molar-refractivity contribution in [2.45, 2.75) is 19.9 Å². The number of aromatic nitrogens is 1. The third-order valence-electron chi connectivity index (χ3n) is 4.06. The fourth-order valence-corrected chi connectivity index (χ4v) is 3.54. The number of thiazole rings is 1. The standard InChI is InChI=1S/C14H23N3OS/c1-12-15-14(11-19-12)9-17-5-3-16(4-6-17)8-13-2-7-18-10-13/h11,13H,2-10H2,1H3. The van der Waals surface area contributed by atoms with Crippen molar-refractivity contribution in [3.63, 3.8) is 0 Å². The van der Waals surface area contributed by atoms with Crippen LogP contribution in [0.15, 0.2) is 5.38 Å². The SMILES string of the molecule is Cc1nc(CN2CCN(CC3CCOC3)CC2)cs1. The summed E-state index contributed by atoms with van der Waals surface area (Å²) >= 11 is 1.75. The number of ether oxygens (including phenoxy) is 1. The first-order valence-electron chi connectivity index (χ1n) is 7.23. The van der Waals surface area contributed by atoms with Crippen LogP contribution in [0.2, 0.25) is 0 Å². The topological polar surface area (TPSA) is 28.6 Å². The highest BCUT2D eigenvalue weighted by Crippen LogP contribution is 2.16. The molecule has 0 aliphatic carbocycles. The highest BCUT2D eigenvalue weighted by Gasteiger charge is 2.22.